The zero-order valence-electron chi connectivity index (χ0n) is 18.8. The van der Waals surface area contributed by atoms with Crippen LogP contribution in [0.5, 0.6) is 11.5 Å². The van der Waals surface area contributed by atoms with Gasteiger partial charge in [0.05, 0.1) is 29.6 Å². The summed E-state index contributed by atoms with van der Waals surface area (Å²) >= 11 is 24.0. The molecule has 2 aliphatic heterocycles. The summed E-state index contributed by atoms with van der Waals surface area (Å²) < 4.78 is 18.3. The van der Waals surface area contributed by atoms with Gasteiger partial charge in [-0.25, -0.2) is 0 Å². The van der Waals surface area contributed by atoms with Gasteiger partial charge in [0.25, 0.3) is 0 Å². The molecule has 0 amide bonds. The smallest absolute Gasteiger partial charge is 0.205 e. The number of methoxy groups -OCH3 is 1. The van der Waals surface area contributed by atoms with E-state index in [1.165, 1.54) is 0 Å². The Hall–Kier alpha value is -2.74. The van der Waals surface area contributed by atoms with Gasteiger partial charge >= 0.3 is 0 Å². The summed E-state index contributed by atoms with van der Waals surface area (Å²) in [6.07, 6.45) is -2.57. The molecule has 36 heavy (non-hydrogen) atoms. The van der Waals surface area contributed by atoms with E-state index >= 15 is 0 Å². The predicted molar refractivity (Wildman–Crippen MR) is 154 cm³/mol. The number of ether oxygens (including phenoxy) is 2. The first-order valence-corrected chi connectivity index (χ1v) is 15.0. The fourth-order valence-electron chi connectivity index (χ4n) is 4.53. The molecule has 4 aromatic rings. The first-order valence-electron chi connectivity index (χ1n) is 11.0. The summed E-state index contributed by atoms with van der Waals surface area (Å²) in [7, 11) is 1.63. The second-order valence-electron chi connectivity index (χ2n) is 8.32. The van der Waals surface area contributed by atoms with Gasteiger partial charge in [-0.05, 0) is 78.1 Å². The number of rotatable bonds is 3. The number of fused-ring (bicyclic) bond motifs is 3. The first-order chi connectivity index (χ1) is 17.4. The van der Waals surface area contributed by atoms with Crippen molar-refractivity contribution >= 4 is 75.4 Å². The molecule has 6 rings (SSSR count). The Kier molecular flexibility index (Phi) is 5.90. The lowest BCUT2D eigenvalue weighted by atomic mass is 9.83. The van der Waals surface area contributed by atoms with Crippen LogP contribution in [0.1, 0.15) is 17.0 Å². The van der Waals surface area contributed by atoms with Crippen molar-refractivity contribution in [1.29, 1.82) is 0 Å². The van der Waals surface area contributed by atoms with E-state index in [1.54, 1.807) is 7.11 Å². The molecule has 0 saturated heterocycles. The normalized spacial score (nSPS) is 20.6. The van der Waals surface area contributed by atoms with Crippen molar-refractivity contribution in [2.75, 3.05) is 7.11 Å². The van der Waals surface area contributed by atoms with Crippen LogP contribution < -0.4 is 25.0 Å². The molecule has 1 aromatic heterocycles. The highest BCUT2D eigenvalue weighted by molar-refractivity contribution is 8.17. The Labute approximate surface area is 228 Å². The van der Waals surface area contributed by atoms with Gasteiger partial charge in [-0.1, -0.05) is 48.1 Å². The second kappa shape index (κ2) is 8.98. The number of thiocarbonyl (C=S) groups is 1. The zero-order valence-corrected chi connectivity index (χ0v) is 22.9. The SMILES string of the molecule is COc1ccc(P2(=S)NC(=S)C3=C(N2)Oc2c(c(=S)oc4ccccc24)C3c2ccc(Cl)cc2)cc1. The monoisotopic (exact) mass is 568 g/mol. The van der Waals surface area contributed by atoms with Crippen molar-refractivity contribution in [3.8, 4) is 11.5 Å². The molecule has 2 N–H and O–H groups in total. The van der Waals surface area contributed by atoms with E-state index in [-0.39, 0.29) is 5.92 Å². The fourth-order valence-corrected chi connectivity index (χ4v) is 8.38. The van der Waals surface area contributed by atoms with Crippen molar-refractivity contribution < 1.29 is 13.9 Å². The Morgan fingerprint density at radius 1 is 0.944 bits per heavy atom. The Balaban J connectivity index is 1.57. The lowest BCUT2D eigenvalue weighted by molar-refractivity contribution is 0.379. The van der Waals surface area contributed by atoms with Crippen molar-refractivity contribution in [3.05, 3.63) is 105 Å². The highest BCUT2D eigenvalue weighted by atomic mass is 35.5. The molecule has 5 nitrogen and oxygen atoms in total. The van der Waals surface area contributed by atoms with E-state index in [0.717, 1.165) is 33.1 Å². The number of hydrogen-bond acceptors (Lipinski definition) is 6. The number of para-hydroxylation sites is 1. The van der Waals surface area contributed by atoms with Crippen molar-refractivity contribution in [2.45, 2.75) is 5.92 Å². The Bertz CT molecular complexity index is 1680. The molecular formula is C26H18ClN2O3PS3. The van der Waals surface area contributed by atoms with E-state index in [2.05, 4.69) is 10.2 Å². The van der Waals surface area contributed by atoms with E-state index < -0.39 is 6.34 Å². The Morgan fingerprint density at radius 3 is 2.39 bits per heavy atom. The highest BCUT2D eigenvalue weighted by Gasteiger charge is 2.42. The first kappa shape index (κ1) is 23.6. The van der Waals surface area contributed by atoms with E-state index in [9.17, 15) is 0 Å². The highest BCUT2D eigenvalue weighted by Crippen LogP contribution is 2.52. The fraction of sp³-hybridized carbons (Fsp3) is 0.0769. The lowest BCUT2D eigenvalue weighted by Crippen LogP contribution is -2.43. The number of hydrogen-bond donors (Lipinski definition) is 2. The Morgan fingerprint density at radius 2 is 1.67 bits per heavy atom. The van der Waals surface area contributed by atoms with Crippen molar-refractivity contribution in [1.82, 2.24) is 10.2 Å². The molecule has 0 fully saturated rings. The summed E-state index contributed by atoms with van der Waals surface area (Å²) in [6, 6.07) is 22.9. The quantitative estimate of drug-likeness (QED) is 0.209. The third-order valence-electron chi connectivity index (χ3n) is 6.23. The van der Waals surface area contributed by atoms with E-state index in [1.807, 2.05) is 72.8 Å². The maximum Gasteiger partial charge on any atom is 0.205 e. The standard InChI is InChI=1S/C26H18ClN2O3PS3/c1-30-16-10-12-17(13-11-16)33(36)28-24-22(25(34)29-33)20(14-6-8-15(27)9-7-14)21-23(32-24)18-4-2-3-5-19(18)31-26(21)35/h2-13,20H,1H3,(H2,28,29,34,36). The molecule has 180 valence electrons. The second-order valence-corrected chi connectivity index (χ2v) is 13.4. The number of benzene rings is 3. The number of halogens is 1. The average molecular weight is 569 g/mol. The maximum absolute atomic E-state index is 6.56. The van der Waals surface area contributed by atoms with Gasteiger partial charge in [-0.15, -0.1) is 0 Å². The van der Waals surface area contributed by atoms with Crippen LogP contribution in [-0.4, -0.2) is 12.1 Å². The van der Waals surface area contributed by atoms with E-state index in [0.29, 0.717) is 31.9 Å². The largest absolute Gasteiger partial charge is 0.497 e. The molecule has 0 radical (unpaired) electrons. The molecule has 3 heterocycles. The van der Waals surface area contributed by atoms with Crippen molar-refractivity contribution in [2.24, 2.45) is 0 Å². The van der Waals surface area contributed by atoms with Crippen LogP contribution in [0.15, 0.2) is 88.7 Å². The molecule has 10 heteroatoms. The molecule has 0 bridgehead atoms. The summed E-state index contributed by atoms with van der Waals surface area (Å²) in [4.78, 5) is 0.510. The minimum absolute atomic E-state index is 0.339. The predicted octanol–water partition coefficient (Wildman–Crippen LogP) is 6.72. The molecular weight excluding hydrogens is 551 g/mol. The molecule has 2 atom stereocenters. The third-order valence-corrected chi connectivity index (χ3v) is 10.5. The van der Waals surface area contributed by atoms with Crippen LogP contribution in [0.25, 0.3) is 11.0 Å². The molecule has 2 unspecified atom stereocenters. The van der Waals surface area contributed by atoms with Gasteiger partial charge in [0.1, 0.15) is 22.1 Å². The lowest BCUT2D eigenvalue weighted by Gasteiger charge is -2.39. The summed E-state index contributed by atoms with van der Waals surface area (Å²) in [5.41, 5.74) is 3.10. The van der Waals surface area contributed by atoms with Crippen LogP contribution in [0, 0.1) is 4.71 Å². The topological polar surface area (TPSA) is 55.7 Å². The van der Waals surface area contributed by atoms with Gasteiger partial charge in [-0.2, -0.15) is 0 Å². The van der Waals surface area contributed by atoms with Crippen LogP contribution in [-0.2, 0) is 11.8 Å². The minimum atomic E-state index is -2.57. The number of nitrogens with one attached hydrogen (secondary N) is 2. The average Bonchev–Trinajstić information content (AvgIpc) is 2.88. The van der Waals surface area contributed by atoms with Gasteiger partial charge in [0, 0.05) is 10.3 Å². The summed E-state index contributed by atoms with van der Waals surface area (Å²) in [5.74, 6) is 1.57. The van der Waals surface area contributed by atoms with Crippen LogP contribution in [0.4, 0.5) is 0 Å². The minimum Gasteiger partial charge on any atom is -0.497 e. The van der Waals surface area contributed by atoms with Crippen LogP contribution in [0.3, 0.4) is 0 Å². The third kappa shape index (κ3) is 3.85. The zero-order chi connectivity index (χ0) is 25.0. The van der Waals surface area contributed by atoms with E-state index in [4.69, 9.17) is 61.7 Å². The molecule has 3 aromatic carbocycles. The van der Waals surface area contributed by atoms with Gasteiger partial charge in [0.2, 0.25) is 5.88 Å². The van der Waals surface area contributed by atoms with Crippen molar-refractivity contribution in [3.63, 3.8) is 0 Å². The van der Waals surface area contributed by atoms with Gasteiger partial charge in [0.15, 0.2) is 11.0 Å². The van der Waals surface area contributed by atoms with Gasteiger partial charge < -0.3 is 24.1 Å². The van der Waals surface area contributed by atoms with Gasteiger partial charge in [-0.3, -0.25) is 0 Å². The maximum atomic E-state index is 6.56. The molecule has 2 aliphatic rings. The summed E-state index contributed by atoms with van der Waals surface area (Å²) in [6.45, 7) is 0. The molecule has 0 spiro atoms. The van der Waals surface area contributed by atoms with Crippen LogP contribution in [0.2, 0.25) is 5.02 Å². The summed E-state index contributed by atoms with van der Waals surface area (Å²) in [5, 5.41) is 9.28. The van der Waals surface area contributed by atoms with Crippen LogP contribution >= 0.6 is 42.4 Å². The molecule has 0 saturated carbocycles. The molecule has 0 aliphatic carbocycles.